The van der Waals surface area contributed by atoms with Crippen molar-refractivity contribution in [2.45, 2.75) is 20.8 Å². The van der Waals surface area contributed by atoms with Gasteiger partial charge >= 0.3 is 0 Å². The van der Waals surface area contributed by atoms with E-state index in [0.29, 0.717) is 15.8 Å². The SMILES string of the molecule is CC(=O)COc1c(C)c(C)cc(Cl)c1Cl. The van der Waals surface area contributed by atoms with Gasteiger partial charge in [0, 0.05) is 0 Å². The number of benzene rings is 1. The molecule has 0 spiro atoms. The molecule has 2 nitrogen and oxygen atoms in total. The minimum atomic E-state index is -0.0527. The molecule has 0 aliphatic heterocycles. The summed E-state index contributed by atoms with van der Waals surface area (Å²) in [5.41, 5.74) is 1.90. The maximum Gasteiger partial charge on any atom is 0.167 e. The molecule has 1 aromatic carbocycles. The zero-order chi connectivity index (χ0) is 11.6. The van der Waals surface area contributed by atoms with Gasteiger partial charge in [-0.05, 0) is 38.0 Å². The van der Waals surface area contributed by atoms with Crippen LogP contribution in [0.5, 0.6) is 5.75 Å². The van der Waals surface area contributed by atoms with Gasteiger partial charge in [-0.15, -0.1) is 0 Å². The van der Waals surface area contributed by atoms with Crippen molar-refractivity contribution in [3.63, 3.8) is 0 Å². The molecule has 0 N–H and O–H groups in total. The van der Waals surface area contributed by atoms with Crippen molar-refractivity contribution >= 4 is 29.0 Å². The Morgan fingerprint density at radius 2 is 2.00 bits per heavy atom. The summed E-state index contributed by atoms with van der Waals surface area (Å²) in [6.07, 6.45) is 0. The van der Waals surface area contributed by atoms with Crippen molar-refractivity contribution in [1.82, 2.24) is 0 Å². The van der Waals surface area contributed by atoms with Gasteiger partial charge in [0.2, 0.25) is 0 Å². The van der Waals surface area contributed by atoms with Crippen LogP contribution in [0.25, 0.3) is 0 Å². The lowest BCUT2D eigenvalue weighted by Gasteiger charge is -2.12. The molecule has 0 amide bonds. The highest BCUT2D eigenvalue weighted by atomic mass is 35.5. The largest absolute Gasteiger partial charge is 0.484 e. The minimum Gasteiger partial charge on any atom is -0.484 e. The first-order valence-electron chi connectivity index (χ1n) is 4.51. The molecule has 0 aliphatic rings. The molecule has 0 radical (unpaired) electrons. The van der Waals surface area contributed by atoms with Gasteiger partial charge in [0.1, 0.15) is 17.4 Å². The van der Waals surface area contributed by atoms with E-state index in [-0.39, 0.29) is 12.4 Å². The number of Topliss-reactive ketones (excluding diaryl/α,β-unsaturated/α-hetero) is 1. The molecule has 1 aromatic rings. The summed E-state index contributed by atoms with van der Waals surface area (Å²) in [4.78, 5) is 10.8. The molecule has 0 aliphatic carbocycles. The first-order valence-corrected chi connectivity index (χ1v) is 5.26. The van der Waals surface area contributed by atoms with Crippen LogP contribution in [0.4, 0.5) is 0 Å². The summed E-state index contributed by atoms with van der Waals surface area (Å²) in [7, 11) is 0. The van der Waals surface area contributed by atoms with Crippen LogP contribution in [0.1, 0.15) is 18.1 Å². The molecule has 0 fully saturated rings. The Morgan fingerprint density at radius 3 is 2.53 bits per heavy atom. The number of carbonyl (C=O) groups is 1. The van der Waals surface area contributed by atoms with E-state index >= 15 is 0 Å². The second-order valence-electron chi connectivity index (χ2n) is 3.43. The molecule has 0 unspecified atom stereocenters. The fourth-order valence-corrected chi connectivity index (χ4v) is 1.66. The molecule has 15 heavy (non-hydrogen) atoms. The number of ketones is 1. The van der Waals surface area contributed by atoms with E-state index in [0.717, 1.165) is 11.1 Å². The molecule has 4 heteroatoms. The molecule has 82 valence electrons. The number of ether oxygens (including phenoxy) is 1. The van der Waals surface area contributed by atoms with Gasteiger partial charge < -0.3 is 4.74 Å². The van der Waals surface area contributed by atoms with Crippen LogP contribution in [0.15, 0.2) is 6.07 Å². The smallest absolute Gasteiger partial charge is 0.167 e. The molecule has 0 bridgehead atoms. The maximum absolute atomic E-state index is 10.8. The average molecular weight is 247 g/mol. The second kappa shape index (κ2) is 4.86. The van der Waals surface area contributed by atoms with Crippen molar-refractivity contribution in [1.29, 1.82) is 0 Å². The minimum absolute atomic E-state index is 0.0142. The highest BCUT2D eigenvalue weighted by Gasteiger charge is 2.12. The number of hydrogen-bond acceptors (Lipinski definition) is 2. The quantitative estimate of drug-likeness (QED) is 0.815. The van der Waals surface area contributed by atoms with Crippen LogP contribution >= 0.6 is 23.2 Å². The molecular weight excluding hydrogens is 235 g/mol. The highest BCUT2D eigenvalue weighted by Crippen LogP contribution is 2.36. The number of hydrogen-bond donors (Lipinski definition) is 0. The zero-order valence-electron chi connectivity index (χ0n) is 8.86. The van der Waals surface area contributed by atoms with E-state index in [1.54, 1.807) is 6.07 Å². The highest BCUT2D eigenvalue weighted by molar-refractivity contribution is 6.43. The zero-order valence-corrected chi connectivity index (χ0v) is 10.4. The van der Waals surface area contributed by atoms with Crippen molar-refractivity contribution in [3.05, 3.63) is 27.2 Å². The van der Waals surface area contributed by atoms with E-state index in [9.17, 15) is 4.79 Å². The van der Waals surface area contributed by atoms with E-state index in [2.05, 4.69) is 0 Å². The van der Waals surface area contributed by atoms with Crippen LogP contribution < -0.4 is 4.74 Å². The van der Waals surface area contributed by atoms with Gasteiger partial charge in [-0.2, -0.15) is 0 Å². The second-order valence-corrected chi connectivity index (χ2v) is 4.22. The summed E-state index contributed by atoms with van der Waals surface area (Å²) in [5.74, 6) is 0.444. The average Bonchev–Trinajstić information content (AvgIpc) is 2.14. The molecule has 0 heterocycles. The fourth-order valence-electron chi connectivity index (χ4n) is 1.16. The maximum atomic E-state index is 10.8. The van der Waals surface area contributed by atoms with Gasteiger partial charge in [0.25, 0.3) is 0 Å². The predicted octanol–water partition coefficient (Wildman–Crippen LogP) is 3.58. The Hall–Kier alpha value is -0.730. The van der Waals surface area contributed by atoms with Crippen LogP contribution in [-0.4, -0.2) is 12.4 Å². The summed E-state index contributed by atoms with van der Waals surface area (Å²) in [5, 5.41) is 0.805. The van der Waals surface area contributed by atoms with Gasteiger partial charge in [-0.3, -0.25) is 4.79 Å². The lowest BCUT2D eigenvalue weighted by Crippen LogP contribution is -2.08. The Morgan fingerprint density at radius 1 is 1.40 bits per heavy atom. The van der Waals surface area contributed by atoms with Gasteiger partial charge in [-0.1, -0.05) is 23.2 Å². The van der Waals surface area contributed by atoms with Gasteiger partial charge in [-0.25, -0.2) is 0 Å². The molecule has 0 atom stereocenters. The van der Waals surface area contributed by atoms with Crippen LogP contribution in [-0.2, 0) is 4.79 Å². The molecule has 0 saturated carbocycles. The topological polar surface area (TPSA) is 26.3 Å². The van der Waals surface area contributed by atoms with Crippen LogP contribution in [0.3, 0.4) is 0 Å². The summed E-state index contributed by atoms with van der Waals surface area (Å²) in [6, 6.07) is 1.78. The lowest BCUT2D eigenvalue weighted by molar-refractivity contribution is -0.118. The third kappa shape index (κ3) is 2.86. The van der Waals surface area contributed by atoms with Gasteiger partial charge in [0.05, 0.1) is 5.02 Å². The molecule has 1 rings (SSSR count). The predicted molar refractivity (Wildman–Crippen MR) is 62.1 cm³/mol. The Labute approximate surface area is 99.1 Å². The van der Waals surface area contributed by atoms with Crippen LogP contribution in [0, 0.1) is 13.8 Å². The first kappa shape index (κ1) is 12.3. The van der Waals surface area contributed by atoms with Crippen molar-refractivity contribution in [3.8, 4) is 5.75 Å². The number of halogens is 2. The van der Waals surface area contributed by atoms with Crippen molar-refractivity contribution in [2.75, 3.05) is 6.61 Å². The van der Waals surface area contributed by atoms with E-state index in [1.807, 2.05) is 13.8 Å². The van der Waals surface area contributed by atoms with E-state index < -0.39 is 0 Å². The van der Waals surface area contributed by atoms with E-state index in [1.165, 1.54) is 6.92 Å². The Bertz CT molecular complexity index is 374. The summed E-state index contributed by atoms with van der Waals surface area (Å²) < 4.78 is 5.32. The molecule has 0 saturated heterocycles. The third-order valence-electron chi connectivity index (χ3n) is 2.10. The summed E-state index contributed by atoms with van der Waals surface area (Å²) in [6.45, 7) is 5.27. The third-order valence-corrected chi connectivity index (χ3v) is 2.87. The fraction of sp³-hybridized carbons (Fsp3) is 0.364. The summed E-state index contributed by atoms with van der Waals surface area (Å²) >= 11 is 11.9. The standard InChI is InChI=1S/C11H12Cl2O2/c1-6-4-9(12)10(13)11(8(6)3)15-5-7(2)14/h4H,5H2,1-3H3. The lowest BCUT2D eigenvalue weighted by atomic mass is 10.1. The van der Waals surface area contributed by atoms with Gasteiger partial charge in [0.15, 0.2) is 5.78 Å². The molecule has 0 aromatic heterocycles. The number of aryl methyl sites for hydroxylation is 1. The van der Waals surface area contributed by atoms with Crippen molar-refractivity contribution in [2.24, 2.45) is 0 Å². The Balaban J connectivity index is 3.09. The van der Waals surface area contributed by atoms with Crippen molar-refractivity contribution < 1.29 is 9.53 Å². The number of carbonyl (C=O) groups excluding carboxylic acids is 1. The normalized spacial score (nSPS) is 10.2. The monoisotopic (exact) mass is 246 g/mol. The Kier molecular flexibility index (Phi) is 4.00. The first-order chi connectivity index (χ1) is 6.93. The number of rotatable bonds is 3. The van der Waals surface area contributed by atoms with E-state index in [4.69, 9.17) is 27.9 Å². The molecular formula is C11H12Cl2O2. The van der Waals surface area contributed by atoms with Crippen LogP contribution in [0.2, 0.25) is 10.0 Å².